The number of imidazole rings is 1. The van der Waals surface area contributed by atoms with Crippen molar-refractivity contribution in [2.75, 3.05) is 0 Å². The molecule has 0 spiro atoms. The highest BCUT2D eigenvalue weighted by atomic mass is 16.4. The minimum Gasteiger partial charge on any atom is -0.481 e. The molecule has 2 heterocycles. The average Bonchev–Trinajstić information content (AvgIpc) is 2.78. The Morgan fingerprint density at radius 2 is 1.90 bits per heavy atom. The van der Waals surface area contributed by atoms with E-state index in [0.717, 1.165) is 28.0 Å². The van der Waals surface area contributed by atoms with E-state index in [0.29, 0.717) is 5.69 Å². The van der Waals surface area contributed by atoms with E-state index in [9.17, 15) is 9.90 Å². The van der Waals surface area contributed by atoms with Gasteiger partial charge in [-0.15, -0.1) is 0 Å². The summed E-state index contributed by atoms with van der Waals surface area (Å²) in [6.07, 6.45) is 1.91. The van der Waals surface area contributed by atoms with Crippen molar-refractivity contribution in [1.29, 1.82) is 0 Å². The number of nitrogens with zero attached hydrogens (tertiary/aromatic N) is 2. The molecule has 0 aliphatic carbocycles. The van der Waals surface area contributed by atoms with Crippen LogP contribution >= 0.6 is 0 Å². The highest BCUT2D eigenvalue weighted by Gasteiger charge is 2.17. The van der Waals surface area contributed by atoms with Crippen LogP contribution in [-0.4, -0.2) is 20.5 Å². The molecule has 2 aromatic heterocycles. The summed E-state index contributed by atoms with van der Waals surface area (Å²) < 4.78 is 1.89. The number of rotatable bonds is 3. The highest BCUT2D eigenvalue weighted by molar-refractivity contribution is 5.76. The van der Waals surface area contributed by atoms with Crippen LogP contribution in [0.25, 0.3) is 16.9 Å². The summed E-state index contributed by atoms with van der Waals surface area (Å²) in [4.78, 5) is 15.8. The van der Waals surface area contributed by atoms with Gasteiger partial charge in [0.05, 0.1) is 17.8 Å². The monoisotopic (exact) mass is 280 g/mol. The first-order valence-electron chi connectivity index (χ1n) is 6.81. The SMILES string of the molecule is Cc1cc2nc(-c3ccccc3)c(CC(=O)O)n2cc1C. The van der Waals surface area contributed by atoms with Crippen LogP contribution in [0, 0.1) is 13.8 Å². The number of aromatic nitrogens is 2. The molecule has 0 aliphatic heterocycles. The second-order valence-corrected chi connectivity index (χ2v) is 5.21. The minimum absolute atomic E-state index is 0.0477. The molecule has 0 fully saturated rings. The van der Waals surface area contributed by atoms with Crippen LogP contribution < -0.4 is 0 Å². The molecule has 0 saturated carbocycles. The Bertz CT molecular complexity index is 820. The fourth-order valence-electron chi connectivity index (χ4n) is 2.47. The molecule has 0 aliphatic rings. The van der Waals surface area contributed by atoms with E-state index in [1.807, 2.05) is 60.8 Å². The summed E-state index contributed by atoms with van der Waals surface area (Å²) >= 11 is 0. The van der Waals surface area contributed by atoms with E-state index >= 15 is 0 Å². The van der Waals surface area contributed by atoms with Crippen molar-refractivity contribution in [1.82, 2.24) is 9.38 Å². The molecule has 3 aromatic rings. The molecule has 4 nitrogen and oxygen atoms in total. The van der Waals surface area contributed by atoms with Gasteiger partial charge in [0.1, 0.15) is 5.65 Å². The van der Waals surface area contributed by atoms with Crippen molar-refractivity contribution >= 4 is 11.6 Å². The van der Waals surface area contributed by atoms with Crippen molar-refractivity contribution in [2.24, 2.45) is 0 Å². The molecule has 3 rings (SSSR count). The van der Waals surface area contributed by atoms with Gasteiger partial charge in [-0.25, -0.2) is 4.98 Å². The molecular weight excluding hydrogens is 264 g/mol. The molecule has 106 valence electrons. The van der Waals surface area contributed by atoms with Gasteiger partial charge in [0.15, 0.2) is 0 Å². The van der Waals surface area contributed by atoms with E-state index in [1.54, 1.807) is 0 Å². The molecule has 4 heteroatoms. The van der Waals surface area contributed by atoms with Crippen molar-refractivity contribution in [3.05, 3.63) is 59.4 Å². The molecule has 0 unspecified atom stereocenters. The maximum atomic E-state index is 11.2. The number of carbonyl (C=O) groups is 1. The molecule has 21 heavy (non-hydrogen) atoms. The molecule has 0 saturated heterocycles. The first-order valence-corrected chi connectivity index (χ1v) is 6.81. The summed E-state index contributed by atoms with van der Waals surface area (Å²) in [5.41, 5.74) is 5.44. The molecule has 0 radical (unpaired) electrons. The predicted octanol–water partition coefficient (Wildman–Crippen LogP) is 3.25. The predicted molar refractivity (Wildman–Crippen MR) is 81.4 cm³/mol. The maximum absolute atomic E-state index is 11.2. The van der Waals surface area contributed by atoms with Crippen LogP contribution in [-0.2, 0) is 11.2 Å². The lowest BCUT2D eigenvalue weighted by Crippen LogP contribution is -2.05. The van der Waals surface area contributed by atoms with Crippen molar-refractivity contribution in [3.63, 3.8) is 0 Å². The van der Waals surface area contributed by atoms with Crippen LogP contribution in [0.15, 0.2) is 42.6 Å². The Morgan fingerprint density at radius 1 is 1.19 bits per heavy atom. The first kappa shape index (κ1) is 13.4. The van der Waals surface area contributed by atoms with Crippen LogP contribution in [0.4, 0.5) is 0 Å². The Hall–Kier alpha value is -2.62. The third-order valence-electron chi connectivity index (χ3n) is 3.69. The van der Waals surface area contributed by atoms with Gasteiger partial charge >= 0.3 is 5.97 Å². The summed E-state index contributed by atoms with van der Waals surface area (Å²) in [5.74, 6) is -0.854. The van der Waals surface area contributed by atoms with E-state index in [-0.39, 0.29) is 6.42 Å². The number of hydrogen-bond donors (Lipinski definition) is 1. The number of aliphatic carboxylic acids is 1. The van der Waals surface area contributed by atoms with E-state index in [4.69, 9.17) is 0 Å². The fourth-order valence-corrected chi connectivity index (χ4v) is 2.47. The Morgan fingerprint density at radius 3 is 2.57 bits per heavy atom. The molecule has 1 N–H and O–H groups in total. The zero-order valence-corrected chi connectivity index (χ0v) is 12.0. The van der Waals surface area contributed by atoms with Crippen molar-refractivity contribution in [2.45, 2.75) is 20.3 Å². The van der Waals surface area contributed by atoms with Gasteiger partial charge in [-0.1, -0.05) is 30.3 Å². The normalized spacial score (nSPS) is 11.0. The van der Waals surface area contributed by atoms with Crippen molar-refractivity contribution < 1.29 is 9.90 Å². The number of carboxylic acid groups (broad SMARTS) is 1. The van der Waals surface area contributed by atoms with E-state index in [2.05, 4.69) is 4.98 Å². The maximum Gasteiger partial charge on any atom is 0.309 e. The van der Waals surface area contributed by atoms with Crippen molar-refractivity contribution in [3.8, 4) is 11.3 Å². The van der Waals surface area contributed by atoms with Crippen LogP contribution in [0.5, 0.6) is 0 Å². The summed E-state index contributed by atoms with van der Waals surface area (Å²) in [5, 5.41) is 9.20. The Kier molecular flexibility index (Phi) is 3.22. The lowest BCUT2D eigenvalue weighted by Gasteiger charge is -2.05. The van der Waals surface area contributed by atoms with Gasteiger partial charge < -0.3 is 9.51 Å². The third kappa shape index (κ3) is 2.40. The van der Waals surface area contributed by atoms with Crippen LogP contribution in [0.2, 0.25) is 0 Å². The fraction of sp³-hybridized carbons (Fsp3) is 0.176. The Balaban J connectivity index is 2.30. The molecule has 0 amide bonds. The van der Waals surface area contributed by atoms with Gasteiger partial charge in [0.2, 0.25) is 0 Å². The highest BCUT2D eigenvalue weighted by Crippen LogP contribution is 2.26. The van der Waals surface area contributed by atoms with Crippen LogP contribution in [0.1, 0.15) is 16.8 Å². The third-order valence-corrected chi connectivity index (χ3v) is 3.69. The topological polar surface area (TPSA) is 54.6 Å². The lowest BCUT2D eigenvalue weighted by atomic mass is 10.1. The number of carboxylic acids is 1. The molecule has 1 aromatic carbocycles. The standard InChI is InChI=1S/C17H16N2O2/c1-11-8-15-18-17(13-6-4-3-5-7-13)14(9-16(20)21)19(15)10-12(11)2/h3-8,10H,9H2,1-2H3,(H,20,21). The zero-order valence-electron chi connectivity index (χ0n) is 12.0. The van der Waals surface area contributed by atoms with Gasteiger partial charge in [-0.05, 0) is 31.0 Å². The lowest BCUT2D eigenvalue weighted by molar-refractivity contribution is -0.136. The smallest absolute Gasteiger partial charge is 0.309 e. The number of aryl methyl sites for hydroxylation is 2. The minimum atomic E-state index is -0.854. The van der Waals surface area contributed by atoms with Gasteiger partial charge in [-0.2, -0.15) is 0 Å². The number of hydrogen-bond acceptors (Lipinski definition) is 2. The largest absolute Gasteiger partial charge is 0.481 e. The second-order valence-electron chi connectivity index (χ2n) is 5.21. The Labute approximate surface area is 122 Å². The summed E-state index contributed by atoms with van der Waals surface area (Å²) in [7, 11) is 0. The first-order chi connectivity index (χ1) is 10.1. The van der Waals surface area contributed by atoms with Gasteiger partial charge in [-0.3, -0.25) is 4.79 Å². The molecule has 0 atom stereocenters. The van der Waals surface area contributed by atoms with E-state index in [1.165, 1.54) is 0 Å². The molecule has 0 bridgehead atoms. The number of fused-ring (bicyclic) bond motifs is 1. The number of pyridine rings is 1. The quantitative estimate of drug-likeness (QED) is 0.801. The number of benzene rings is 1. The van der Waals surface area contributed by atoms with Gasteiger partial charge in [0.25, 0.3) is 0 Å². The summed E-state index contributed by atoms with van der Waals surface area (Å²) in [6, 6.07) is 11.7. The summed E-state index contributed by atoms with van der Waals surface area (Å²) in [6.45, 7) is 4.05. The average molecular weight is 280 g/mol. The van der Waals surface area contributed by atoms with E-state index < -0.39 is 5.97 Å². The molecular formula is C17H16N2O2. The zero-order chi connectivity index (χ0) is 15.0. The van der Waals surface area contributed by atoms with Gasteiger partial charge in [0, 0.05) is 11.8 Å². The second kappa shape index (κ2) is 5.05. The van der Waals surface area contributed by atoms with Crippen LogP contribution in [0.3, 0.4) is 0 Å².